The molecule has 0 spiro atoms. The van der Waals surface area contributed by atoms with E-state index >= 15 is 0 Å². The van der Waals surface area contributed by atoms with Crippen LogP contribution in [-0.4, -0.2) is 12.2 Å². The molecule has 0 aliphatic heterocycles. The lowest BCUT2D eigenvalue weighted by molar-refractivity contribution is 0.150. The molecule has 1 aromatic rings. The molecule has 17 heavy (non-hydrogen) atoms. The van der Waals surface area contributed by atoms with Crippen molar-refractivity contribution in [2.75, 3.05) is 5.73 Å². The van der Waals surface area contributed by atoms with Gasteiger partial charge in [0.05, 0.1) is 17.5 Å². The van der Waals surface area contributed by atoms with Gasteiger partial charge in [0.2, 0.25) is 0 Å². The molecule has 0 amide bonds. The molecule has 0 aromatic heterocycles. The lowest BCUT2D eigenvalue weighted by Crippen LogP contribution is -2.19. The largest absolute Gasteiger partial charge is 0.398 e. The molecule has 0 radical (unpaired) electrons. The average Bonchev–Trinajstić information content (AvgIpc) is 2.15. The molecule has 0 aliphatic rings. The van der Waals surface area contributed by atoms with Gasteiger partial charge in [0.15, 0.2) is 0 Å². The summed E-state index contributed by atoms with van der Waals surface area (Å²) in [6.07, 6.45) is -0.390. The first-order chi connectivity index (χ1) is 7.85. The third-order valence-electron chi connectivity index (χ3n) is 1.93. The van der Waals surface area contributed by atoms with E-state index in [0.717, 1.165) is 0 Å². The van der Waals surface area contributed by atoms with Gasteiger partial charge < -0.3 is 14.8 Å². The molecule has 1 aromatic carbocycles. The van der Waals surface area contributed by atoms with Crippen LogP contribution in [0.4, 0.5) is 5.69 Å². The topological polar surface area (TPSA) is 61.5 Å². The first-order valence-electron chi connectivity index (χ1n) is 5.67. The Morgan fingerprint density at radius 1 is 1.06 bits per heavy atom. The minimum absolute atomic E-state index is 0.195. The third kappa shape index (κ3) is 3.84. The van der Waals surface area contributed by atoms with E-state index in [1.807, 2.05) is 27.7 Å². The van der Waals surface area contributed by atoms with Crippen LogP contribution in [-0.2, 0) is 13.6 Å². The second-order valence-electron chi connectivity index (χ2n) is 4.36. The summed E-state index contributed by atoms with van der Waals surface area (Å²) in [5.41, 5.74) is 6.25. The first-order valence-corrected chi connectivity index (χ1v) is 7.21. The van der Waals surface area contributed by atoms with Gasteiger partial charge in [-0.15, -0.1) is 0 Å². The van der Waals surface area contributed by atoms with E-state index in [-0.39, 0.29) is 12.2 Å². The van der Waals surface area contributed by atoms with Gasteiger partial charge in [-0.1, -0.05) is 12.1 Å². The lowest BCUT2D eigenvalue weighted by Gasteiger charge is -2.23. The maximum Gasteiger partial charge on any atom is 0.363 e. The van der Waals surface area contributed by atoms with Gasteiger partial charge in [-0.2, -0.15) is 0 Å². The molecule has 0 saturated heterocycles. The normalized spacial score (nSPS) is 12.4. The Morgan fingerprint density at radius 2 is 1.53 bits per heavy atom. The zero-order valence-electron chi connectivity index (χ0n) is 10.7. The number of nitrogen functional groups attached to an aromatic ring is 1. The number of hydrogen-bond acceptors (Lipinski definition) is 4. The van der Waals surface area contributed by atoms with Crippen LogP contribution >= 0.6 is 7.60 Å². The minimum atomic E-state index is -3.35. The molecule has 4 nitrogen and oxygen atoms in total. The van der Waals surface area contributed by atoms with Crippen molar-refractivity contribution in [3.63, 3.8) is 0 Å². The highest BCUT2D eigenvalue weighted by molar-refractivity contribution is 7.62. The summed E-state index contributed by atoms with van der Waals surface area (Å²) in [4.78, 5) is 0. The van der Waals surface area contributed by atoms with E-state index < -0.39 is 7.60 Å². The van der Waals surface area contributed by atoms with Crippen LogP contribution in [0.15, 0.2) is 24.3 Å². The van der Waals surface area contributed by atoms with Crippen molar-refractivity contribution < 1.29 is 13.6 Å². The molecular formula is C12H20NO3P. The van der Waals surface area contributed by atoms with Crippen LogP contribution in [0.25, 0.3) is 0 Å². The highest BCUT2D eigenvalue weighted by Gasteiger charge is 2.32. The van der Waals surface area contributed by atoms with Gasteiger partial charge in [0.1, 0.15) is 0 Å². The van der Waals surface area contributed by atoms with Gasteiger partial charge in [0.25, 0.3) is 0 Å². The van der Waals surface area contributed by atoms with Crippen molar-refractivity contribution in [1.29, 1.82) is 0 Å². The predicted octanol–water partition coefficient (Wildman–Crippen LogP) is 2.94. The average molecular weight is 257 g/mol. The van der Waals surface area contributed by atoms with E-state index in [0.29, 0.717) is 11.0 Å². The van der Waals surface area contributed by atoms with Crippen LogP contribution in [0.1, 0.15) is 27.7 Å². The van der Waals surface area contributed by atoms with Crippen LogP contribution in [0.2, 0.25) is 0 Å². The molecule has 0 aliphatic carbocycles. The molecular weight excluding hydrogens is 237 g/mol. The molecule has 0 heterocycles. The molecule has 0 atom stereocenters. The summed E-state index contributed by atoms with van der Waals surface area (Å²) in [5.74, 6) is 0. The molecule has 1 rings (SSSR count). The maximum atomic E-state index is 12.7. The molecule has 96 valence electrons. The van der Waals surface area contributed by atoms with Crippen molar-refractivity contribution in [1.82, 2.24) is 0 Å². The van der Waals surface area contributed by atoms with Crippen molar-refractivity contribution in [2.45, 2.75) is 39.9 Å². The highest BCUT2D eigenvalue weighted by Crippen LogP contribution is 2.50. The molecule has 0 saturated carbocycles. The van der Waals surface area contributed by atoms with Gasteiger partial charge in [-0.3, -0.25) is 4.57 Å². The standard InChI is InChI=1S/C12H20NO3P/c1-9(2)15-17(14,16-10(3)4)12-8-6-5-7-11(12)13/h5-10H,13H2,1-4H3. The smallest absolute Gasteiger partial charge is 0.363 e. The number of para-hydroxylation sites is 1. The number of benzene rings is 1. The second-order valence-corrected chi connectivity index (χ2v) is 6.26. The Kier molecular flexibility index (Phi) is 4.75. The Morgan fingerprint density at radius 3 is 1.94 bits per heavy atom. The minimum Gasteiger partial charge on any atom is -0.398 e. The van der Waals surface area contributed by atoms with E-state index in [4.69, 9.17) is 14.8 Å². The fourth-order valence-corrected chi connectivity index (χ4v) is 3.48. The van der Waals surface area contributed by atoms with Gasteiger partial charge >= 0.3 is 7.60 Å². The quantitative estimate of drug-likeness (QED) is 0.650. The summed E-state index contributed by atoms with van der Waals surface area (Å²) in [5, 5.41) is 0.433. The fraction of sp³-hybridized carbons (Fsp3) is 0.500. The van der Waals surface area contributed by atoms with Crippen LogP contribution in [0.5, 0.6) is 0 Å². The third-order valence-corrected chi connectivity index (χ3v) is 4.33. The number of hydrogen-bond donors (Lipinski definition) is 1. The van der Waals surface area contributed by atoms with Crippen molar-refractivity contribution in [3.8, 4) is 0 Å². The lowest BCUT2D eigenvalue weighted by atomic mass is 10.3. The summed E-state index contributed by atoms with van der Waals surface area (Å²) < 4.78 is 23.7. The van der Waals surface area contributed by atoms with Crippen molar-refractivity contribution >= 4 is 18.6 Å². The predicted molar refractivity (Wildman–Crippen MR) is 70.5 cm³/mol. The molecule has 0 fully saturated rings. The molecule has 0 bridgehead atoms. The van der Waals surface area contributed by atoms with E-state index in [1.54, 1.807) is 24.3 Å². The molecule has 0 unspecified atom stereocenters. The Bertz CT molecular complexity index is 404. The van der Waals surface area contributed by atoms with E-state index in [1.165, 1.54) is 0 Å². The Labute approximate surface area is 103 Å². The number of anilines is 1. The van der Waals surface area contributed by atoms with Crippen LogP contribution < -0.4 is 11.0 Å². The summed E-state index contributed by atoms with van der Waals surface area (Å²) in [6.45, 7) is 7.26. The number of nitrogens with two attached hydrogens (primary N) is 1. The molecule has 2 N–H and O–H groups in total. The van der Waals surface area contributed by atoms with Crippen LogP contribution in [0.3, 0.4) is 0 Å². The van der Waals surface area contributed by atoms with Crippen LogP contribution in [0, 0.1) is 0 Å². The zero-order valence-corrected chi connectivity index (χ0v) is 11.6. The summed E-state index contributed by atoms with van der Waals surface area (Å²) in [6, 6.07) is 6.93. The summed E-state index contributed by atoms with van der Waals surface area (Å²) in [7, 11) is -3.35. The Hall–Kier alpha value is -0.830. The van der Waals surface area contributed by atoms with Gasteiger partial charge in [-0.05, 0) is 39.8 Å². The SMILES string of the molecule is CC(C)OP(=O)(OC(C)C)c1ccccc1N. The monoisotopic (exact) mass is 257 g/mol. The van der Waals surface area contributed by atoms with Crippen molar-refractivity contribution in [3.05, 3.63) is 24.3 Å². The second kappa shape index (κ2) is 5.67. The Balaban J connectivity index is 3.15. The van der Waals surface area contributed by atoms with Crippen molar-refractivity contribution in [2.24, 2.45) is 0 Å². The summed E-state index contributed by atoms with van der Waals surface area (Å²) >= 11 is 0. The molecule has 5 heteroatoms. The fourth-order valence-electron chi connectivity index (χ4n) is 1.43. The van der Waals surface area contributed by atoms with Gasteiger partial charge in [-0.25, -0.2) is 0 Å². The van der Waals surface area contributed by atoms with Gasteiger partial charge in [0, 0.05) is 5.69 Å². The zero-order chi connectivity index (χ0) is 13.1. The first kappa shape index (κ1) is 14.2. The number of rotatable bonds is 5. The highest BCUT2D eigenvalue weighted by atomic mass is 31.2. The van der Waals surface area contributed by atoms with E-state index in [2.05, 4.69) is 0 Å². The maximum absolute atomic E-state index is 12.7. The van der Waals surface area contributed by atoms with E-state index in [9.17, 15) is 4.57 Å².